The quantitative estimate of drug-likeness (QED) is 0.346. The molecule has 0 saturated carbocycles. The van der Waals surface area contributed by atoms with Gasteiger partial charge in [-0.25, -0.2) is 4.79 Å². The molecule has 0 fully saturated rings. The number of benzene rings is 1. The van der Waals surface area contributed by atoms with Gasteiger partial charge in [-0.3, -0.25) is 0 Å². The summed E-state index contributed by atoms with van der Waals surface area (Å²) in [5, 5.41) is 19.0. The molecule has 1 aromatic rings. The largest absolute Gasteiger partial charge is 0.478 e. The monoisotopic (exact) mass is 208 g/mol. The van der Waals surface area contributed by atoms with Crippen LogP contribution in [-0.4, -0.2) is 21.8 Å². The summed E-state index contributed by atoms with van der Waals surface area (Å²) in [6, 6.07) is 5.65. The molecule has 0 radical (unpaired) electrons. The van der Waals surface area contributed by atoms with Crippen molar-refractivity contribution in [2.75, 3.05) is 0 Å². The maximum atomic E-state index is 10.6. The molecular weight excluding hydrogens is 200 g/mol. The molecule has 0 heterocycles. The molecule has 78 valence electrons. The van der Waals surface area contributed by atoms with E-state index in [2.05, 4.69) is 4.99 Å². The van der Waals surface area contributed by atoms with E-state index in [0.29, 0.717) is 0 Å². The van der Waals surface area contributed by atoms with Crippen molar-refractivity contribution in [3.05, 3.63) is 39.9 Å². The Labute approximate surface area is 85.0 Å². The van der Waals surface area contributed by atoms with E-state index in [0.717, 1.165) is 0 Å². The highest BCUT2D eigenvalue weighted by Crippen LogP contribution is 2.14. The lowest BCUT2D eigenvalue weighted by Gasteiger charge is -1.93. The molecule has 0 amide bonds. The Morgan fingerprint density at radius 3 is 2.73 bits per heavy atom. The van der Waals surface area contributed by atoms with Gasteiger partial charge in [0.15, 0.2) is 5.69 Å². The van der Waals surface area contributed by atoms with Gasteiger partial charge in [0, 0.05) is 13.0 Å². The second kappa shape index (κ2) is 4.32. The summed E-state index contributed by atoms with van der Waals surface area (Å²) in [6.45, 7) is 1.24. The zero-order valence-corrected chi connectivity index (χ0v) is 7.88. The lowest BCUT2D eigenvalue weighted by atomic mass is 10.2. The summed E-state index contributed by atoms with van der Waals surface area (Å²) in [5.74, 6) is -1.37. The summed E-state index contributed by atoms with van der Waals surface area (Å²) < 4.78 is 0. The van der Waals surface area contributed by atoms with E-state index < -0.39 is 10.9 Å². The van der Waals surface area contributed by atoms with E-state index >= 15 is 0 Å². The van der Waals surface area contributed by atoms with Crippen LogP contribution in [0.3, 0.4) is 0 Å². The van der Waals surface area contributed by atoms with E-state index in [9.17, 15) is 14.9 Å². The summed E-state index contributed by atoms with van der Waals surface area (Å²) in [6.07, 6.45) is 0. The molecule has 1 N–H and O–H groups in total. The molecule has 0 aliphatic carbocycles. The van der Waals surface area contributed by atoms with Crippen LogP contribution in [0.1, 0.15) is 17.3 Å². The van der Waals surface area contributed by atoms with Crippen molar-refractivity contribution >= 4 is 17.5 Å². The van der Waals surface area contributed by atoms with E-state index in [1.54, 1.807) is 0 Å². The van der Waals surface area contributed by atoms with Gasteiger partial charge in [0.1, 0.15) is 0 Å². The van der Waals surface area contributed by atoms with Crippen molar-refractivity contribution in [2.45, 2.75) is 6.92 Å². The first kappa shape index (κ1) is 10.8. The summed E-state index contributed by atoms with van der Waals surface area (Å²) in [7, 11) is 0. The number of rotatable bonds is 2. The third kappa shape index (κ3) is 2.87. The van der Waals surface area contributed by atoms with Crippen molar-refractivity contribution in [1.82, 2.24) is 0 Å². The van der Waals surface area contributed by atoms with Gasteiger partial charge >= 0.3 is 11.8 Å². The van der Waals surface area contributed by atoms with Gasteiger partial charge < -0.3 is 15.2 Å². The number of nitro groups is 1. The van der Waals surface area contributed by atoms with Crippen LogP contribution in [0.25, 0.3) is 0 Å². The highest BCUT2D eigenvalue weighted by atomic mass is 16.6. The van der Waals surface area contributed by atoms with Crippen LogP contribution in [-0.2, 0) is 0 Å². The third-order valence-electron chi connectivity index (χ3n) is 1.65. The van der Waals surface area contributed by atoms with E-state index in [-0.39, 0.29) is 17.1 Å². The fraction of sp³-hybridized carbons (Fsp3) is 0.111. The molecule has 0 aliphatic rings. The zero-order valence-electron chi connectivity index (χ0n) is 7.88. The SMILES string of the molecule is CC(=Nc1cccc(C(=O)O)c1)[N+](=O)[O-]. The van der Waals surface area contributed by atoms with Crippen LogP contribution in [0.2, 0.25) is 0 Å². The standard InChI is InChI=1S/C9H8N2O4/c1-6(11(14)15)10-8-4-2-3-7(5-8)9(12)13/h2-5H,1H3,(H,12,13). The van der Waals surface area contributed by atoms with E-state index in [1.165, 1.54) is 31.2 Å². The van der Waals surface area contributed by atoms with Crippen molar-refractivity contribution < 1.29 is 14.8 Å². The van der Waals surface area contributed by atoms with Crippen molar-refractivity contribution in [2.24, 2.45) is 4.99 Å². The maximum Gasteiger partial charge on any atom is 0.336 e. The van der Waals surface area contributed by atoms with Gasteiger partial charge in [-0.05, 0) is 22.0 Å². The Hall–Kier alpha value is -2.24. The molecular formula is C9H8N2O4. The number of hydrogen-bond donors (Lipinski definition) is 1. The number of carboxylic acids is 1. The lowest BCUT2D eigenvalue weighted by Crippen LogP contribution is -2.05. The summed E-state index contributed by atoms with van der Waals surface area (Å²) in [5.41, 5.74) is 0.302. The molecule has 0 atom stereocenters. The first-order valence-corrected chi connectivity index (χ1v) is 4.04. The molecule has 0 aliphatic heterocycles. The molecule has 0 unspecified atom stereocenters. The van der Waals surface area contributed by atoms with Crippen molar-refractivity contribution in [3.8, 4) is 0 Å². The Morgan fingerprint density at radius 1 is 1.53 bits per heavy atom. The molecule has 0 spiro atoms. The summed E-state index contributed by atoms with van der Waals surface area (Å²) >= 11 is 0. The number of carbonyl (C=O) groups is 1. The van der Waals surface area contributed by atoms with Gasteiger partial charge in [-0.2, -0.15) is 0 Å². The molecule has 0 bridgehead atoms. The van der Waals surface area contributed by atoms with Crippen LogP contribution >= 0.6 is 0 Å². The normalized spacial score (nSPS) is 11.1. The Morgan fingerprint density at radius 2 is 2.20 bits per heavy atom. The highest BCUT2D eigenvalue weighted by molar-refractivity contribution is 5.89. The van der Waals surface area contributed by atoms with Gasteiger partial charge in [0.25, 0.3) is 0 Å². The van der Waals surface area contributed by atoms with Gasteiger partial charge in [-0.1, -0.05) is 6.07 Å². The molecule has 0 aromatic heterocycles. The number of nitrogens with zero attached hydrogens (tertiary/aromatic N) is 2. The topological polar surface area (TPSA) is 92.8 Å². The highest BCUT2D eigenvalue weighted by Gasteiger charge is 2.08. The Kier molecular flexibility index (Phi) is 3.12. The number of aromatic carboxylic acids is 1. The fourth-order valence-electron chi connectivity index (χ4n) is 0.936. The number of amidine groups is 1. The van der Waals surface area contributed by atoms with Crippen LogP contribution in [0.5, 0.6) is 0 Å². The van der Waals surface area contributed by atoms with Crippen LogP contribution in [0.15, 0.2) is 29.3 Å². The maximum absolute atomic E-state index is 10.6. The van der Waals surface area contributed by atoms with Crippen LogP contribution in [0.4, 0.5) is 5.69 Å². The molecule has 6 heteroatoms. The van der Waals surface area contributed by atoms with Gasteiger partial charge in [0.2, 0.25) is 0 Å². The van der Waals surface area contributed by atoms with E-state index in [4.69, 9.17) is 5.11 Å². The molecule has 1 rings (SSSR count). The molecule has 15 heavy (non-hydrogen) atoms. The Bertz CT molecular complexity index is 439. The first-order chi connectivity index (χ1) is 7.00. The van der Waals surface area contributed by atoms with Crippen molar-refractivity contribution in [3.63, 3.8) is 0 Å². The van der Waals surface area contributed by atoms with E-state index in [1.807, 2.05) is 0 Å². The average molecular weight is 208 g/mol. The second-order valence-electron chi connectivity index (χ2n) is 2.77. The molecule has 0 saturated heterocycles. The molecule has 6 nitrogen and oxygen atoms in total. The minimum Gasteiger partial charge on any atom is -0.478 e. The predicted molar refractivity (Wildman–Crippen MR) is 53.2 cm³/mol. The third-order valence-corrected chi connectivity index (χ3v) is 1.65. The zero-order chi connectivity index (χ0) is 11.4. The minimum absolute atomic E-state index is 0.0485. The minimum atomic E-state index is -1.09. The van der Waals surface area contributed by atoms with Gasteiger partial charge in [0.05, 0.1) is 5.56 Å². The van der Waals surface area contributed by atoms with Crippen LogP contribution < -0.4 is 0 Å². The first-order valence-electron chi connectivity index (χ1n) is 4.04. The Balaban J connectivity index is 3.06. The summed E-state index contributed by atoms with van der Waals surface area (Å²) in [4.78, 5) is 23.9. The van der Waals surface area contributed by atoms with Crippen LogP contribution in [0, 0.1) is 10.1 Å². The van der Waals surface area contributed by atoms with Crippen molar-refractivity contribution in [1.29, 1.82) is 0 Å². The lowest BCUT2D eigenvalue weighted by molar-refractivity contribution is -0.351. The smallest absolute Gasteiger partial charge is 0.336 e. The average Bonchev–Trinajstić information content (AvgIpc) is 2.18. The fourth-order valence-corrected chi connectivity index (χ4v) is 0.936. The number of aliphatic imine (C=N–C) groups is 1. The number of hydrogen-bond acceptors (Lipinski definition) is 4. The van der Waals surface area contributed by atoms with Gasteiger partial charge in [-0.15, -0.1) is 0 Å². The molecule has 1 aromatic carbocycles. The number of carboxylic acid groups (broad SMARTS) is 1. The second-order valence-corrected chi connectivity index (χ2v) is 2.77. The predicted octanol–water partition coefficient (Wildman–Crippen LogP) is 1.71.